The molecule has 1 unspecified atom stereocenters. The molecule has 0 N–H and O–H groups in total. The van der Waals surface area contributed by atoms with Gasteiger partial charge in [0.25, 0.3) is 0 Å². The lowest BCUT2D eigenvalue weighted by atomic mass is 9.89. The van der Waals surface area contributed by atoms with Crippen LogP contribution in [0.4, 0.5) is 13.2 Å². The number of halogens is 4. The molecule has 0 amide bonds. The first-order valence-corrected chi connectivity index (χ1v) is 6.80. The summed E-state index contributed by atoms with van der Waals surface area (Å²) in [5, 5.41) is -0.542. The van der Waals surface area contributed by atoms with Gasteiger partial charge in [0.05, 0.1) is 5.38 Å². The summed E-state index contributed by atoms with van der Waals surface area (Å²) in [5.41, 5.74) is 0.111. The fraction of sp³-hybridized carbons (Fsp3) is 0.571. The maximum absolute atomic E-state index is 13.7. The van der Waals surface area contributed by atoms with Crippen LogP contribution in [0.2, 0.25) is 0 Å². The van der Waals surface area contributed by atoms with Crippen LogP contribution in [-0.2, 0) is 0 Å². The molecule has 0 radical (unpaired) electrons. The molecule has 1 aromatic carbocycles. The molecule has 4 heteroatoms. The highest BCUT2D eigenvalue weighted by Crippen LogP contribution is 2.56. The zero-order valence-electron chi connectivity index (χ0n) is 9.80. The SMILES string of the molecule is Fc1cc(F)c(C(Cl)C(C2CC2)C2CC2)cc1F. The van der Waals surface area contributed by atoms with E-state index in [4.69, 9.17) is 11.6 Å². The average molecular weight is 275 g/mol. The lowest BCUT2D eigenvalue weighted by molar-refractivity contribution is 0.381. The van der Waals surface area contributed by atoms with Gasteiger partial charge < -0.3 is 0 Å². The Balaban J connectivity index is 1.90. The highest BCUT2D eigenvalue weighted by molar-refractivity contribution is 6.21. The van der Waals surface area contributed by atoms with E-state index in [1.54, 1.807) is 0 Å². The van der Waals surface area contributed by atoms with Crippen molar-refractivity contribution >= 4 is 11.6 Å². The van der Waals surface area contributed by atoms with Crippen LogP contribution in [0, 0.1) is 35.2 Å². The Labute approximate surface area is 109 Å². The van der Waals surface area contributed by atoms with Gasteiger partial charge in [0.2, 0.25) is 0 Å². The monoisotopic (exact) mass is 274 g/mol. The van der Waals surface area contributed by atoms with E-state index in [0.29, 0.717) is 17.9 Å². The normalized spacial score (nSPS) is 21.4. The number of alkyl halides is 1. The third-order valence-electron chi connectivity index (χ3n) is 4.01. The quantitative estimate of drug-likeness (QED) is 0.545. The predicted molar refractivity (Wildman–Crippen MR) is 63.8 cm³/mol. The van der Waals surface area contributed by atoms with Crippen molar-refractivity contribution < 1.29 is 13.2 Å². The zero-order chi connectivity index (χ0) is 12.9. The van der Waals surface area contributed by atoms with Crippen molar-refractivity contribution in [3.8, 4) is 0 Å². The third kappa shape index (κ3) is 2.25. The standard InChI is InChI=1S/C14H14ClF3/c15-14(13(7-1-2-7)8-3-4-8)9-5-11(17)12(18)6-10(9)16/h5-8,13-14H,1-4H2. The van der Waals surface area contributed by atoms with Crippen molar-refractivity contribution in [2.45, 2.75) is 31.1 Å². The fourth-order valence-electron chi connectivity index (χ4n) is 2.78. The molecule has 1 aromatic rings. The summed E-state index contributed by atoms with van der Waals surface area (Å²) in [6.07, 6.45) is 4.48. The maximum atomic E-state index is 13.7. The van der Waals surface area contributed by atoms with Crippen LogP contribution in [0.1, 0.15) is 36.6 Å². The highest BCUT2D eigenvalue weighted by Gasteiger charge is 2.46. The van der Waals surface area contributed by atoms with E-state index in [0.717, 1.165) is 31.7 Å². The number of benzene rings is 1. The third-order valence-corrected chi connectivity index (χ3v) is 4.53. The molecule has 0 aromatic heterocycles. The number of rotatable bonds is 4. The van der Waals surface area contributed by atoms with Gasteiger partial charge in [0.1, 0.15) is 5.82 Å². The molecule has 2 aliphatic rings. The molecular weight excluding hydrogens is 261 g/mol. The van der Waals surface area contributed by atoms with Crippen LogP contribution < -0.4 is 0 Å². The van der Waals surface area contributed by atoms with Crippen molar-refractivity contribution in [3.05, 3.63) is 35.1 Å². The van der Waals surface area contributed by atoms with Crippen LogP contribution >= 0.6 is 11.6 Å². The summed E-state index contributed by atoms with van der Waals surface area (Å²) in [7, 11) is 0. The molecule has 0 aliphatic heterocycles. The molecule has 98 valence electrons. The second kappa shape index (κ2) is 4.44. The van der Waals surface area contributed by atoms with Crippen LogP contribution in [0.15, 0.2) is 12.1 Å². The van der Waals surface area contributed by atoms with Crippen molar-refractivity contribution in [3.63, 3.8) is 0 Å². The first kappa shape index (κ1) is 12.3. The van der Waals surface area contributed by atoms with Crippen molar-refractivity contribution in [1.29, 1.82) is 0 Å². The predicted octanol–water partition coefficient (Wildman–Crippen LogP) is 4.82. The Hall–Kier alpha value is -0.700. The molecule has 2 aliphatic carbocycles. The topological polar surface area (TPSA) is 0 Å². The fourth-order valence-corrected chi connectivity index (χ4v) is 3.36. The van der Waals surface area contributed by atoms with Gasteiger partial charge in [0.15, 0.2) is 11.6 Å². The number of hydrogen-bond donors (Lipinski definition) is 0. The van der Waals surface area contributed by atoms with Crippen LogP contribution in [0.5, 0.6) is 0 Å². The summed E-state index contributed by atoms with van der Waals surface area (Å²) in [4.78, 5) is 0. The van der Waals surface area contributed by atoms with E-state index in [1.165, 1.54) is 0 Å². The first-order valence-electron chi connectivity index (χ1n) is 6.36. The Morgan fingerprint density at radius 2 is 1.39 bits per heavy atom. The molecule has 1 atom stereocenters. The smallest absolute Gasteiger partial charge is 0.161 e. The Kier molecular flexibility index (Phi) is 3.05. The summed E-state index contributed by atoms with van der Waals surface area (Å²) in [6.45, 7) is 0. The summed E-state index contributed by atoms with van der Waals surface area (Å²) in [6, 6.07) is 1.51. The van der Waals surface area contributed by atoms with E-state index in [-0.39, 0.29) is 11.5 Å². The molecule has 0 heterocycles. The maximum Gasteiger partial charge on any atom is 0.161 e. The largest absolute Gasteiger partial charge is 0.207 e. The minimum absolute atomic E-state index is 0.111. The van der Waals surface area contributed by atoms with Crippen LogP contribution in [0.25, 0.3) is 0 Å². The molecule has 2 saturated carbocycles. The average Bonchev–Trinajstić information content (AvgIpc) is 3.16. The molecule has 2 fully saturated rings. The van der Waals surface area contributed by atoms with Gasteiger partial charge in [-0.1, -0.05) is 0 Å². The molecule has 0 nitrogen and oxygen atoms in total. The van der Waals surface area contributed by atoms with Gasteiger partial charge in [-0.05, 0) is 49.5 Å². The Morgan fingerprint density at radius 3 is 1.89 bits per heavy atom. The van der Waals surface area contributed by atoms with Crippen LogP contribution in [-0.4, -0.2) is 0 Å². The molecule has 0 bridgehead atoms. The number of hydrogen-bond acceptors (Lipinski definition) is 0. The minimum Gasteiger partial charge on any atom is -0.207 e. The zero-order valence-corrected chi connectivity index (χ0v) is 10.6. The first-order chi connectivity index (χ1) is 8.58. The van der Waals surface area contributed by atoms with Gasteiger partial charge >= 0.3 is 0 Å². The van der Waals surface area contributed by atoms with Gasteiger partial charge in [0, 0.05) is 11.6 Å². The summed E-state index contributed by atoms with van der Waals surface area (Å²) >= 11 is 6.34. The molecule has 3 rings (SSSR count). The van der Waals surface area contributed by atoms with Crippen molar-refractivity contribution in [2.75, 3.05) is 0 Å². The Morgan fingerprint density at radius 1 is 0.889 bits per heavy atom. The van der Waals surface area contributed by atoms with E-state index in [2.05, 4.69) is 0 Å². The molecule has 0 spiro atoms. The Bertz CT molecular complexity index is 454. The van der Waals surface area contributed by atoms with Crippen LogP contribution in [0.3, 0.4) is 0 Å². The second-order valence-corrected chi connectivity index (χ2v) is 5.91. The minimum atomic E-state index is -1.16. The van der Waals surface area contributed by atoms with E-state index in [1.807, 2.05) is 0 Å². The molecular formula is C14H14ClF3. The van der Waals surface area contributed by atoms with E-state index in [9.17, 15) is 13.2 Å². The van der Waals surface area contributed by atoms with Crippen molar-refractivity contribution in [1.82, 2.24) is 0 Å². The summed E-state index contributed by atoms with van der Waals surface area (Å²) < 4.78 is 39.8. The van der Waals surface area contributed by atoms with Gasteiger partial charge in [-0.15, -0.1) is 11.6 Å². The second-order valence-electron chi connectivity index (χ2n) is 5.44. The molecule has 0 saturated heterocycles. The van der Waals surface area contributed by atoms with Gasteiger partial charge in [-0.2, -0.15) is 0 Å². The van der Waals surface area contributed by atoms with E-state index < -0.39 is 22.8 Å². The highest BCUT2D eigenvalue weighted by atomic mass is 35.5. The summed E-state index contributed by atoms with van der Waals surface area (Å²) in [5.74, 6) is -1.64. The lowest BCUT2D eigenvalue weighted by Gasteiger charge is -2.22. The lowest BCUT2D eigenvalue weighted by Crippen LogP contribution is -2.14. The molecule has 18 heavy (non-hydrogen) atoms. The van der Waals surface area contributed by atoms with Gasteiger partial charge in [-0.25, -0.2) is 13.2 Å². The van der Waals surface area contributed by atoms with E-state index >= 15 is 0 Å². The van der Waals surface area contributed by atoms with Gasteiger partial charge in [-0.3, -0.25) is 0 Å². The van der Waals surface area contributed by atoms with Crippen molar-refractivity contribution in [2.24, 2.45) is 17.8 Å².